The minimum absolute atomic E-state index is 0.327. The Bertz CT molecular complexity index is 786. The molecule has 0 aliphatic rings. The summed E-state index contributed by atoms with van der Waals surface area (Å²) in [6.45, 7) is 2.47. The minimum atomic E-state index is -3.38. The highest BCUT2D eigenvalue weighted by atomic mass is 32.2. The van der Waals surface area contributed by atoms with Crippen LogP contribution in [0.2, 0.25) is 0 Å². The second-order valence-electron chi connectivity index (χ2n) is 4.87. The molecule has 23 heavy (non-hydrogen) atoms. The van der Waals surface area contributed by atoms with E-state index in [0.717, 1.165) is 12.0 Å². The van der Waals surface area contributed by atoms with Crippen LogP contribution in [0.4, 0.5) is 11.4 Å². The molecule has 2 rings (SSSR count). The molecule has 0 aliphatic heterocycles. The van der Waals surface area contributed by atoms with Crippen molar-refractivity contribution >= 4 is 27.3 Å². The number of carbonyl (C=O) groups is 1. The number of hydrogen-bond donors (Lipinski definition) is 2. The van der Waals surface area contributed by atoms with E-state index in [0.29, 0.717) is 23.5 Å². The van der Waals surface area contributed by atoms with Crippen LogP contribution in [0.15, 0.2) is 48.5 Å². The maximum atomic E-state index is 12.2. The van der Waals surface area contributed by atoms with E-state index in [-0.39, 0.29) is 5.91 Å². The predicted molar refractivity (Wildman–Crippen MR) is 90.5 cm³/mol. The highest BCUT2D eigenvalue weighted by Gasteiger charge is 2.09. The molecule has 0 unspecified atom stereocenters. The molecular weight excluding hydrogens is 316 g/mol. The lowest BCUT2D eigenvalue weighted by atomic mass is 10.2. The molecule has 0 aliphatic carbocycles. The lowest BCUT2D eigenvalue weighted by Gasteiger charge is -2.09. The van der Waals surface area contributed by atoms with E-state index in [1.165, 1.54) is 6.07 Å². The summed E-state index contributed by atoms with van der Waals surface area (Å²) < 4.78 is 30.1. The molecule has 2 aromatic carbocycles. The number of ether oxygens (including phenoxy) is 1. The highest BCUT2D eigenvalue weighted by Crippen LogP contribution is 2.17. The lowest BCUT2D eigenvalue weighted by molar-refractivity contribution is 0.102. The van der Waals surface area contributed by atoms with Gasteiger partial charge >= 0.3 is 0 Å². The summed E-state index contributed by atoms with van der Waals surface area (Å²) in [6.07, 6.45) is 1.06. The Labute approximate surface area is 135 Å². The number of nitrogens with one attached hydrogen (secondary N) is 2. The van der Waals surface area contributed by atoms with E-state index in [9.17, 15) is 13.2 Å². The van der Waals surface area contributed by atoms with Gasteiger partial charge in [-0.2, -0.15) is 0 Å². The van der Waals surface area contributed by atoms with Crippen molar-refractivity contribution in [2.24, 2.45) is 0 Å². The Morgan fingerprint density at radius 2 is 1.78 bits per heavy atom. The molecule has 0 atom stereocenters. The highest BCUT2D eigenvalue weighted by molar-refractivity contribution is 7.92. The number of benzene rings is 2. The van der Waals surface area contributed by atoms with E-state index < -0.39 is 10.0 Å². The molecule has 0 radical (unpaired) electrons. The first-order valence-electron chi connectivity index (χ1n) is 6.99. The number of sulfonamides is 1. The molecule has 2 N–H and O–H groups in total. The van der Waals surface area contributed by atoms with Gasteiger partial charge in [-0.3, -0.25) is 9.52 Å². The standard InChI is InChI=1S/C16H18N2O4S/c1-3-22-15-9-7-13(8-10-15)17-16(19)12-5-4-6-14(11-12)18-23(2,20)21/h4-11,18H,3H2,1-2H3,(H,17,19). The van der Waals surface area contributed by atoms with Crippen molar-refractivity contribution in [3.63, 3.8) is 0 Å². The summed E-state index contributed by atoms with van der Waals surface area (Å²) in [7, 11) is -3.38. The normalized spacial score (nSPS) is 10.9. The second-order valence-corrected chi connectivity index (χ2v) is 6.62. The van der Waals surface area contributed by atoms with Crippen LogP contribution >= 0.6 is 0 Å². The molecule has 1 amide bonds. The summed E-state index contributed by atoms with van der Waals surface area (Å²) in [6, 6.07) is 13.3. The molecule has 2 aromatic rings. The van der Waals surface area contributed by atoms with Gasteiger partial charge in [0.1, 0.15) is 5.75 Å². The first-order valence-corrected chi connectivity index (χ1v) is 8.88. The van der Waals surface area contributed by atoms with Crippen LogP contribution in [-0.2, 0) is 10.0 Å². The van der Waals surface area contributed by atoms with Gasteiger partial charge in [0.25, 0.3) is 5.91 Å². The van der Waals surface area contributed by atoms with Gasteiger partial charge in [-0.25, -0.2) is 8.42 Å². The van der Waals surface area contributed by atoms with E-state index in [4.69, 9.17) is 4.74 Å². The molecule has 0 saturated heterocycles. The average molecular weight is 334 g/mol. The quantitative estimate of drug-likeness (QED) is 0.850. The van der Waals surface area contributed by atoms with Crippen molar-refractivity contribution in [3.8, 4) is 5.75 Å². The number of rotatable bonds is 6. The Balaban J connectivity index is 2.09. The first kappa shape index (κ1) is 16.8. The van der Waals surface area contributed by atoms with Crippen LogP contribution in [0.1, 0.15) is 17.3 Å². The molecule has 6 nitrogen and oxygen atoms in total. The summed E-state index contributed by atoms with van der Waals surface area (Å²) >= 11 is 0. The number of amides is 1. The monoisotopic (exact) mass is 334 g/mol. The SMILES string of the molecule is CCOc1ccc(NC(=O)c2cccc(NS(C)(=O)=O)c2)cc1. The molecule has 0 heterocycles. The molecule has 122 valence electrons. The van der Waals surface area contributed by atoms with Crippen LogP contribution in [0, 0.1) is 0 Å². The molecular formula is C16H18N2O4S. The van der Waals surface area contributed by atoms with Gasteiger partial charge in [0.15, 0.2) is 0 Å². The van der Waals surface area contributed by atoms with Crippen molar-refractivity contribution in [2.75, 3.05) is 22.9 Å². The minimum Gasteiger partial charge on any atom is -0.494 e. The van der Waals surface area contributed by atoms with Crippen molar-refractivity contribution in [1.82, 2.24) is 0 Å². The maximum Gasteiger partial charge on any atom is 0.255 e. The van der Waals surface area contributed by atoms with Gasteiger partial charge in [-0.15, -0.1) is 0 Å². The van der Waals surface area contributed by atoms with Crippen LogP contribution < -0.4 is 14.8 Å². The van der Waals surface area contributed by atoms with E-state index in [1.54, 1.807) is 42.5 Å². The van der Waals surface area contributed by atoms with Gasteiger partial charge in [-0.1, -0.05) is 6.07 Å². The first-order chi connectivity index (χ1) is 10.9. The zero-order chi connectivity index (χ0) is 16.9. The van der Waals surface area contributed by atoms with Crippen LogP contribution in [0.25, 0.3) is 0 Å². The number of hydrogen-bond acceptors (Lipinski definition) is 4. The lowest BCUT2D eigenvalue weighted by Crippen LogP contribution is -2.13. The maximum absolute atomic E-state index is 12.2. The van der Waals surface area contributed by atoms with E-state index >= 15 is 0 Å². The molecule has 0 spiro atoms. The Morgan fingerprint density at radius 3 is 2.39 bits per heavy atom. The Morgan fingerprint density at radius 1 is 1.09 bits per heavy atom. The molecule has 0 aromatic heterocycles. The fraction of sp³-hybridized carbons (Fsp3) is 0.188. The third-order valence-electron chi connectivity index (χ3n) is 2.85. The Hall–Kier alpha value is -2.54. The zero-order valence-electron chi connectivity index (χ0n) is 12.9. The van der Waals surface area contributed by atoms with Crippen LogP contribution in [0.5, 0.6) is 5.75 Å². The van der Waals surface area contributed by atoms with E-state index in [2.05, 4.69) is 10.0 Å². The predicted octanol–water partition coefficient (Wildman–Crippen LogP) is 2.71. The Kier molecular flexibility index (Phi) is 5.23. The van der Waals surface area contributed by atoms with Crippen molar-refractivity contribution in [3.05, 3.63) is 54.1 Å². The van der Waals surface area contributed by atoms with Gasteiger partial charge < -0.3 is 10.1 Å². The van der Waals surface area contributed by atoms with Gasteiger partial charge in [0.2, 0.25) is 10.0 Å². The summed E-state index contributed by atoms with van der Waals surface area (Å²) in [5, 5.41) is 2.75. The van der Waals surface area contributed by atoms with Crippen LogP contribution in [0.3, 0.4) is 0 Å². The zero-order valence-corrected chi connectivity index (χ0v) is 13.7. The van der Waals surface area contributed by atoms with Gasteiger partial charge in [-0.05, 0) is 49.4 Å². The number of anilines is 2. The topological polar surface area (TPSA) is 84.5 Å². The summed E-state index contributed by atoms with van der Waals surface area (Å²) in [5.74, 6) is 0.399. The van der Waals surface area contributed by atoms with Crippen molar-refractivity contribution in [2.45, 2.75) is 6.92 Å². The van der Waals surface area contributed by atoms with Crippen molar-refractivity contribution in [1.29, 1.82) is 0 Å². The van der Waals surface area contributed by atoms with Crippen molar-refractivity contribution < 1.29 is 17.9 Å². The fourth-order valence-electron chi connectivity index (χ4n) is 1.94. The third kappa shape index (κ3) is 5.30. The molecule has 0 saturated carbocycles. The molecule has 0 fully saturated rings. The molecule has 0 bridgehead atoms. The smallest absolute Gasteiger partial charge is 0.255 e. The molecule has 7 heteroatoms. The van der Waals surface area contributed by atoms with Gasteiger partial charge in [0.05, 0.1) is 12.9 Å². The van der Waals surface area contributed by atoms with Gasteiger partial charge in [0, 0.05) is 16.9 Å². The second kappa shape index (κ2) is 7.15. The van der Waals surface area contributed by atoms with E-state index in [1.807, 2.05) is 6.92 Å². The summed E-state index contributed by atoms with van der Waals surface area (Å²) in [4.78, 5) is 12.2. The average Bonchev–Trinajstić information content (AvgIpc) is 2.48. The fourth-order valence-corrected chi connectivity index (χ4v) is 2.50. The summed E-state index contributed by atoms with van der Waals surface area (Å²) in [5.41, 5.74) is 1.32. The largest absolute Gasteiger partial charge is 0.494 e. The van der Waals surface area contributed by atoms with Crippen LogP contribution in [-0.4, -0.2) is 27.2 Å². The third-order valence-corrected chi connectivity index (χ3v) is 3.46. The number of carbonyl (C=O) groups excluding carboxylic acids is 1.